The van der Waals surface area contributed by atoms with Crippen LogP contribution in [0.4, 0.5) is 26.3 Å². The molecule has 206 valence electrons. The van der Waals surface area contributed by atoms with Crippen LogP contribution in [0.15, 0.2) is 48.5 Å². The van der Waals surface area contributed by atoms with E-state index in [0.717, 1.165) is 18.4 Å². The van der Waals surface area contributed by atoms with Crippen molar-refractivity contribution in [1.82, 2.24) is 16.0 Å². The monoisotopic (exact) mass is 541 g/mol. The van der Waals surface area contributed by atoms with Crippen LogP contribution in [0.3, 0.4) is 0 Å². The van der Waals surface area contributed by atoms with Crippen LogP contribution in [0.1, 0.15) is 71.6 Å². The molecule has 1 aliphatic carbocycles. The van der Waals surface area contributed by atoms with Crippen molar-refractivity contribution in [2.24, 2.45) is 5.92 Å². The number of carbonyl (C=O) groups excluding carboxylic acids is 2. The molecule has 4 rings (SSSR count). The Morgan fingerprint density at radius 3 is 2.00 bits per heavy atom. The zero-order valence-electron chi connectivity index (χ0n) is 20.5. The molecular formula is C27H29F6N3O2. The molecular weight excluding hydrogens is 512 g/mol. The predicted molar refractivity (Wildman–Crippen MR) is 128 cm³/mol. The molecule has 2 aromatic rings. The molecule has 38 heavy (non-hydrogen) atoms. The van der Waals surface area contributed by atoms with Crippen LogP contribution >= 0.6 is 0 Å². The summed E-state index contributed by atoms with van der Waals surface area (Å²) < 4.78 is 78.4. The first-order chi connectivity index (χ1) is 17.9. The molecule has 1 saturated carbocycles. The van der Waals surface area contributed by atoms with Crippen molar-refractivity contribution >= 4 is 11.8 Å². The molecule has 0 unspecified atom stereocenters. The first-order valence-electron chi connectivity index (χ1n) is 12.6. The van der Waals surface area contributed by atoms with Gasteiger partial charge in [-0.05, 0) is 68.2 Å². The standard InChI is InChI=1S/C27H29F6N3O2/c28-26(29,30)19-12-18(13-20(14-19)27(31,32)33)24(37)34-15-16-6-8-21(9-7-16)35-25(38)23-11-10-22(36-23)17-4-2-1-3-5-17/h1-5,12-14,16,21-23,36H,6-11,15H2,(H,34,37)(H,35,38)/t16-,21-,22-,23+/m0/s1. The second kappa shape index (κ2) is 11.3. The maximum absolute atomic E-state index is 13.1. The molecule has 2 fully saturated rings. The van der Waals surface area contributed by atoms with Gasteiger partial charge in [-0.2, -0.15) is 26.3 Å². The Hall–Kier alpha value is -3.08. The summed E-state index contributed by atoms with van der Waals surface area (Å²) in [5.41, 5.74) is -2.60. The molecule has 11 heteroatoms. The van der Waals surface area contributed by atoms with Crippen LogP contribution in [-0.4, -0.2) is 30.4 Å². The number of alkyl halides is 6. The molecule has 0 bridgehead atoms. The average Bonchev–Trinajstić information content (AvgIpc) is 3.38. The number of carbonyl (C=O) groups is 2. The minimum atomic E-state index is -5.02. The van der Waals surface area contributed by atoms with E-state index in [2.05, 4.69) is 16.0 Å². The van der Waals surface area contributed by atoms with Gasteiger partial charge in [-0.15, -0.1) is 0 Å². The Labute approximate surface area is 216 Å². The lowest BCUT2D eigenvalue weighted by molar-refractivity contribution is -0.143. The zero-order chi connectivity index (χ0) is 27.5. The Bertz CT molecular complexity index is 1100. The highest BCUT2D eigenvalue weighted by molar-refractivity contribution is 5.94. The second-order valence-corrected chi connectivity index (χ2v) is 9.99. The normalized spacial score (nSPS) is 24.2. The van der Waals surface area contributed by atoms with Gasteiger partial charge < -0.3 is 10.6 Å². The number of amides is 2. The number of rotatable bonds is 6. The second-order valence-electron chi connectivity index (χ2n) is 9.99. The summed E-state index contributed by atoms with van der Waals surface area (Å²) in [6.45, 7) is 0.125. The SMILES string of the molecule is O=C(NC[C@H]1CC[C@H](NC(=O)[C@H]2CC[C@@H](c3ccccc3)N2)CC1)c1cc(C(F)(F)F)cc(C(F)(F)F)c1. The van der Waals surface area contributed by atoms with Crippen LogP contribution in [0.5, 0.6) is 0 Å². The van der Waals surface area contributed by atoms with Crippen molar-refractivity contribution in [2.45, 2.75) is 69.0 Å². The van der Waals surface area contributed by atoms with E-state index in [-0.39, 0.29) is 42.6 Å². The van der Waals surface area contributed by atoms with E-state index in [4.69, 9.17) is 0 Å². The Kier molecular flexibility index (Phi) is 8.34. The molecule has 0 spiro atoms. The van der Waals surface area contributed by atoms with Gasteiger partial charge in [-0.25, -0.2) is 0 Å². The fourth-order valence-electron chi connectivity index (χ4n) is 5.14. The molecule has 2 aromatic carbocycles. The zero-order valence-corrected chi connectivity index (χ0v) is 20.5. The number of hydrogen-bond acceptors (Lipinski definition) is 3. The van der Waals surface area contributed by atoms with E-state index < -0.39 is 35.0 Å². The Morgan fingerprint density at radius 1 is 0.816 bits per heavy atom. The summed E-state index contributed by atoms with van der Waals surface area (Å²) >= 11 is 0. The lowest BCUT2D eigenvalue weighted by atomic mass is 9.85. The van der Waals surface area contributed by atoms with Crippen molar-refractivity contribution in [3.63, 3.8) is 0 Å². The third kappa shape index (κ3) is 7.06. The minimum absolute atomic E-state index is 0.00470. The van der Waals surface area contributed by atoms with Crippen LogP contribution < -0.4 is 16.0 Å². The number of halogens is 6. The molecule has 2 amide bonds. The molecule has 1 saturated heterocycles. The minimum Gasteiger partial charge on any atom is -0.352 e. The van der Waals surface area contributed by atoms with Gasteiger partial charge in [-0.1, -0.05) is 30.3 Å². The smallest absolute Gasteiger partial charge is 0.352 e. The third-order valence-electron chi connectivity index (χ3n) is 7.26. The van der Waals surface area contributed by atoms with E-state index >= 15 is 0 Å². The van der Waals surface area contributed by atoms with Crippen molar-refractivity contribution < 1.29 is 35.9 Å². The summed E-state index contributed by atoms with van der Waals surface area (Å²) in [7, 11) is 0. The molecule has 0 radical (unpaired) electrons. The molecule has 5 nitrogen and oxygen atoms in total. The Morgan fingerprint density at radius 2 is 1.42 bits per heavy atom. The summed E-state index contributed by atoms with van der Waals surface area (Å²) in [6, 6.07) is 10.6. The quantitative estimate of drug-likeness (QED) is 0.416. The number of nitrogens with one attached hydrogen (secondary N) is 3. The summed E-state index contributed by atoms with van der Waals surface area (Å²) in [5, 5.41) is 8.94. The maximum atomic E-state index is 13.1. The van der Waals surface area contributed by atoms with Crippen molar-refractivity contribution in [2.75, 3.05) is 6.54 Å². The van der Waals surface area contributed by atoms with Gasteiger partial charge >= 0.3 is 12.4 Å². The topological polar surface area (TPSA) is 70.2 Å². The van der Waals surface area contributed by atoms with Crippen molar-refractivity contribution in [1.29, 1.82) is 0 Å². The van der Waals surface area contributed by atoms with E-state index in [1.165, 1.54) is 0 Å². The average molecular weight is 542 g/mol. The highest BCUT2D eigenvalue weighted by Gasteiger charge is 2.38. The molecule has 3 N–H and O–H groups in total. The van der Waals surface area contributed by atoms with E-state index in [1.807, 2.05) is 30.3 Å². The number of benzene rings is 2. The third-order valence-corrected chi connectivity index (χ3v) is 7.26. The molecule has 0 aromatic heterocycles. The highest BCUT2D eigenvalue weighted by Crippen LogP contribution is 2.36. The summed E-state index contributed by atoms with van der Waals surface area (Å²) in [4.78, 5) is 25.2. The summed E-state index contributed by atoms with van der Waals surface area (Å²) in [6.07, 6.45) is -5.78. The fraction of sp³-hybridized carbons (Fsp3) is 0.481. The highest BCUT2D eigenvalue weighted by atomic mass is 19.4. The lowest BCUT2D eigenvalue weighted by Crippen LogP contribution is -2.47. The van der Waals surface area contributed by atoms with Gasteiger partial charge in [0.05, 0.1) is 17.2 Å². The van der Waals surface area contributed by atoms with Crippen LogP contribution in [-0.2, 0) is 17.1 Å². The Balaban J connectivity index is 1.24. The predicted octanol–water partition coefficient (Wildman–Crippen LogP) is 5.62. The maximum Gasteiger partial charge on any atom is 0.416 e. The van der Waals surface area contributed by atoms with Gasteiger partial charge in [0.1, 0.15) is 0 Å². The van der Waals surface area contributed by atoms with Crippen LogP contribution in [0.25, 0.3) is 0 Å². The first-order valence-corrected chi connectivity index (χ1v) is 12.6. The van der Waals surface area contributed by atoms with Gasteiger partial charge in [0, 0.05) is 24.2 Å². The van der Waals surface area contributed by atoms with E-state index in [0.29, 0.717) is 37.8 Å². The van der Waals surface area contributed by atoms with Crippen molar-refractivity contribution in [3.8, 4) is 0 Å². The molecule has 1 aliphatic heterocycles. The van der Waals surface area contributed by atoms with Gasteiger partial charge in [0.25, 0.3) is 5.91 Å². The molecule has 1 heterocycles. The number of hydrogen-bond donors (Lipinski definition) is 3. The molecule has 2 aliphatic rings. The van der Waals surface area contributed by atoms with Crippen molar-refractivity contribution in [3.05, 3.63) is 70.8 Å². The van der Waals surface area contributed by atoms with Gasteiger partial charge in [-0.3, -0.25) is 14.9 Å². The van der Waals surface area contributed by atoms with E-state index in [1.54, 1.807) is 0 Å². The lowest BCUT2D eigenvalue weighted by Gasteiger charge is -2.30. The van der Waals surface area contributed by atoms with Gasteiger partial charge in [0.15, 0.2) is 0 Å². The van der Waals surface area contributed by atoms with Crippen LogP contribution in [0, 0.1) is 5.92 Å². The van der Waals surface area contributed by atoms with E-state index in [9.17, 15) is 35.9 Å². The molecule has 2 atom stereocenters. The van der Waals surface area contributed by atoms with Gasteiger partial charge in [0.2, 0.25) is 5.91 Å². The van der Waals surface area contributed by atoms with Crippen LogP contribution in [0.2, 0.25) is 0 Å². The largest absolute Gasteiger partial charge is 0.416 e. The first kappa shape index (κ1) is 27.9. The fourth-order valence-corrected chi connectivity index (χ4v) is 5.14. The summed E-state index contributed by atoms with van der Waals surface area (Å²) in [5.74, 6) is -1.03.